The third-order valence-electron chi connectivity index (χ3n) is 3.39. The second-order valence-corrected chi connectivity index (χ2v) is 4.78. The molecule has 1 atom stereocenters. The molecule has 0 aliphatic carbocycles. The summed E-state index contributed by atoms with van der Waals surface area (Å²) in [6, 6.07) is 1.77. The van der Waals surface area contributed by atoms with E-state index in [1.54, 1.807) is 30.9 Å². The van der Waals surface area contributed by atoms with Crippen LogP contribution in [0.25, 0.3) is 0 Å². The maximum Gasteiger partial charge on any atom is 0.228 e. The third-order valence-corrected chi connectivity index (χ3v) is 3.39. The van der Waals surface area contributed by atoms with Gasteiger partial charge in [0.25, 0.3) is 0 Å². The van der Waals surface area contributed by atoms with Crippen molar-refractivity contribution in [2.75, 3.05) is 31.6 Å². The molecule has 3 rings (SSSR count). The van der Waals surface area contributed by atoms with E-state index in [9.17, 15) is 0 Å². The van der Waals surface area contributed by atoms with Crippen molar-refractivity contribution in [3.05, 3.63) is 36.5 Å². The first kappa shape index (κ1) is 13.8. The fourth-order valence-corrected chi connectivity index (χ4v) is 2.24. The number of morpholine rings is 1. The summed E-state index contributed by atoms with van der Waals surface area (Å²) in [7, 11) is 0. The summed E-state index contributed by atoms with van der Waals surface area (Å²) in [5.74, 6) is 1.12. The van der Waals surface area contributed by atoms with Crippen molar-refractivity contribution in [3.63, 3.8) is 0 Å². The quantitative estimate of drug-likeness (QED) is 0.910. The van der Waals surface area contributed by atoms with Crippen molar-refractivity contribution >= 4 is 11.8 Å². The van der Waals surface area contributed by atoms with Gasteiger partial charge in [0, 0.05) is 25.5 Å². The lowest BCUT2D eigenvalue weighted by Crippen LogP contribution is -2.38. The highest BCUT2D eigenvalue weighted by Crippen LogP contribution is 2.21. The van der Waals surface area contributed by atoms with Gasteiger partial charge in [-0.05, 0) is 12.6 Å². The number of nitrogens with one attached hydrogen (secondary N) is 1. The molecule has 1 aliphatic heterocycles. The van der Waals surface area contributed by atoms with Gasteiger partial charge in [-0.2, -0.15) is 0 Å². The molecular weight excluding hydrogens is 268 g/mol. The highest BCUT2D eigenvalue weighted by atomic mass is 16.5. The van der Waals surface area contributed by atoms with Gasteiger partial charge in [-0.15, -0.1) is 0 Å². The van der Waals surface area contributed by atoms with Crippen molar-refractivity contribution in [1.82, 2.24) is 24.8 Å². The molecule has 110 valence electrons. The van der Waals surface area contributed by atoms with E-state index in [1.807, 2.05) is 0 Å². The number of rotatable bonds is 4. The molecule has 7 nitrogen and oxygen atoms in total. The van der Waals surface area contributed by atoms with Gasteiger partial charge in [-0.25, -0.2) is 15.0 Å². The molecular formula is C14H18N6O. The van der Waals surface area contributed by atoms with Gasteiger partial charge in [-0.1, -0.05) is 6.92 Å². The minimum absolute atomic E-state index is 0.0374. The smallest absolute Gasteiger partial charge is 0.228 e. The largest absolute Gasteiger partial charge is 0.369 e. The molecule has 2 aromatic rings. The van der Waals surface area contributed by atoms with E-state index in [2.05, 4.69) is 37.1 Å². The molecule has 0 radical (unpaired) electrons. The normalized spacial score (nSPS) is 19.4. The Bertz CT molecular complexity index is 579. The average Bonchev–Trinajstić information content (AvgIpc) is 2.56. The van der Waals surface area contributed by atoms with Crippen molar-refractivity contribution in [3.8, 4) is 0 Å². The van der Waals surface area contributed by atoms with E-state index in [-0.39, 0.29) is 6.10 Å². The molecule has 1 saturated heterocycles. The molecule has 0 spiro atoms. The standard InChI is InChI=1S/C14H18N6O/c1-2-20-6-7-21-12(10-20)11-8-15-9-13(18-11)19-14-16-4-3-5-17-14/h3-5,8-9,12H,2,6-7,10H2,1H3,(H,16,17,18,19). The van der Waals surface area contributed by atoms with Gasteiger partial charge < -0.3 is 10.1 Å². The molecule has 1 unspecified atom stereocenters. The summed E-state index contributed by atoms with van der Waals surface area (Å²) < 4.78 is 5.80. The van der Waals surface area contributed by atoms with Crippen LogP contribution < -0.4 is 5.32 Å². The molecule has 0 amide bonds. The molecule has 1 aliphatic rings. The van der Waals surface area contributed by atoms with E-state index < -0.39 is 0 Å². The van der Waals surface area contributed by atoms with Crippen LogP contribution in [0.4, 0.5) is 11.8 Å². The second kappa shape index (κ2) is 6.55. The van der Waals surface area contributed by atoms with Gasteiger partial charge in [-0.3, -0.25) is 9.88 Å². The van der Waals surface area contributed by atoms with Crippen molar-refractivity contribution in [2.45, 2.75) is 13.0 Å². The Hall–Kier alpha value is -2.12. The molecule has 0 aromatic carbocycles. The van der Waals surface area contributed by atoms with E-state index in [4.69, 9.17) is 4.74 Å². The number of anilines is 2. The molecule has 1 fully saturated rings. The predicted octanol–water partition coefficient (Wildman–Crippen LogP) is 1.40. The van der Waals surface area contributed by atoms with Crippen LogP contribution in [-0.2, 0) is 4.74 Å². The first-order valence-corrected chi connectivity index (χ1v) is 7.05. The number of hydrogen-bond acceptors (Lipinski definition) is 7. The molecule has 0 saturated carbocycles. The first-order valence-electron chi connectivity index (χ1n) is 7.05. The molecule has 2 aromatic heterocycles. The van der Waals surface area contributed by atoms with Gasteiger partial charge in [0.2, 0.25) is 5.95 Å². The third kappa shape index (κ3) is 3.50. The number of aromatic nitrogens is 4. The highest BCUT2D eigenvalue weighted by molar-refractivity contribution is 5.45. The number of nitrogens with zero attached hydrogens (tertiary/aromatic N) is 5. The van der Waals surface area contributed by atoms with Crippen molar-refractivity contribution in [2.24, 2.45) is 0 Å². The fraction of sp³-hybridized carbons (Fsp3) is 0.429. The molecule has 3 heterocycles. The maximum absolute atomic E-state index is 5.80. The fourth-order valence-electron chi connectivity index (χ4n) is 2.24. The van der Waals surface area contributed by atoms with Gasteiger partial charge in [0.15, 0.2) is 5.82 Å². The average molecular weight is 286 g/mol. The Morgan fingerprint density at radius 1 is 1.33 bits per heavy atom. The van der Waals surface area contributed by atoms with Crippen LogP contribution in [0.5, 0.6) is 0 Å². The van der Waals surface area contributed by atoms with Crippen LogP contribution in [0.15, 0.2) is 30.9 Å². The summed E-state index contributed by atoms with van der Waals surface area (Å²) in [4.78, 5) is 19.4. The predicted molar refractivity (Wildman–Crippen MR) is 78.2 cm³/mol. The molecule has 1 N–H and O–H groups in total. The molecule has 21 heavy (non-hydrogen) atoms. The lowest BCUT2D eigenvalue weighted by atomic mass is 10.2. The summed E-state index contributed by atoms with van der Waals surface area (Å²) in [6.45, 7) is 5.70. The van der Waals surface area contributed by atoms with E-state index in [1.165, 1.54) is 0 Å². The zero-order chi connectivity index (χ0) is 14.5. The van der Waals surface area contributed by atoms with Crippen LogP contribution in [0.2, 0.25) is 0 Å². The monoisotopic (exact) mass is 286 g/mol. The van der Waals surface area contributed by atoms with Crippen LogP contribution >= 0.6 is 0 Å². The SMILES string of the molecule is CCN1CCOC(c2cncc(Nc3ncccn3)n2)C1. The van der Waals surface area contributed by atoms with E-state index in [0.29, 0.717) is 11.8 Å². The van der Waals surface area contributed by atoms with Crippen LogP contribution in [-0.4, -0.2) is 51.1 Å². The lowest BCUT2D eigenvalue weighted by molar-refractivity contribution is -0.0303. The summed E-state index contributed by atoms with van der Waals surface area (Å²) >= 11 is 0. The van der Waals surface area contributed by atoms with Gasteiger partial charge >= 0.3 is 0 Å². The number of ether oxygens (including phenoxy) is 1. The maximum atomic E-state index is 5.80. The minimum atomic E-state index is -0.0374. The summed E-state index contributed by atoms with van der Waals surface area (Å²) in [5, 5.41) is 3.04. The Labute approximate surface area is 123 Å². The van der Waals surface area contributed by atoms with E-state index >= 15 is 0 Å². The van der Waals surface area contributed by atoms with E-state index in [0.717, 1.165) is 31.9 Å². The summed E-state index contributed by atoms with van der Waals surface area (Å²) in [5.41, 5.74) is 0.828. The second-order valence-electron chi connectivity index (χ2n) is 4.78. The Morgan fingerprint density at radius 3 is 3.00 bits per heavy atom. The lowest BCUT2D eigenvalue weighted by Gasteiger charge is -2.31. The molecule has 7 heteroatoms. The minimum Gasteiger partial charge on any atom is -0.369 e. The van der Waals surface area contributed by atoms with Crippen LogP contribution in [0.1, 0.15) is 18.7 Å². The highest BCUT2D eigenvalue weighted by Gasteiger charge is 2.22. The zero-order valence-electron chi connectivity index (χ0n) is 11.9. The summed E-state index contributed by atoms with van der Waals surface area (Å²) in [6.07, 6.45) is 6.72. The van der Waals surface area contributed by atoms with Gasteiger partial charge in [0.1, 0.15) is 6.10 Å². The molecule has 0 bridgehead atoms. The Balaban J connectivity index is 1.74. The van der Waals surface area contributed by atoms with Crippen LogP contribution in [0.3, 0.4) is 0 Å². The topological polar surface area (TPSA) is 76.1 Å². The zero-order valence-corrected chi connectivity index (χ0v) is 11.9. The number of hydrogen-bond donors (Lipinski definition) is 1. The number of likely N-dealkylation sites (N-methyl/N-ethyl adjacent to an activating group) is 1. The van der Waals surface area contributed by atoms with Crippen LogP contribution in [0, 0.1) is 0 Å². The van der Waals surface area contributed by atoms with Crippen molar-refractivity contribution in [1.29, 1.82) is 0 Å². The first-order chi connectivity index (χ1) is 10.3. The Morgan fingerprint density at radius 2 is 2.19 bits per heavy atom. The Kier molecular flexibility index (Phi) is 4.32. The van der Waals surface area contributed by atoms with Crippen molar-refractivity contribution < 1.29 is 4.74 Å². The van der Waals surface area contributed by atoms with Gasteiger partial charge in [0.05, 0.1) is 24.7 Å².